The molecule has 4 unspecified atom stereocenters. The van der Waals surface area contributed by atoms with Gasteiger partial charge in [-0.25, -0.2) is 0 Å². The zero-order valence-electron chi connectivity index (χ0n) is 14.8. The summed E-state index contributed by atoms with van der Waals surface area (Å²) in [7, 11) is 0. The minimum atomic E-state index is -0.0345. The first-order valence-corrected chi connectivity index (χ1v) is 10.1. The van der Waals surface area contributed by atoms with Gasteiger partial charge in [0.25, 0.3) is 0 Å². The molecular weight excluding hydrogens is 272 g/mol. The lowest BCUT2D eigenvalue weighted by molar-refractivity contribution is -0.0665. The van der Waals surface area contributed by atoms with Crippen LogP contribution in [0.5, 0.6) is 0 Å². The molecule has 2 rings (SSSR count). The van der Waals surface area contributed by atoms with Crippen molar-refractivity contribution in [3.05, 3.63) is 0 Å². The third-order valence-corrected chi connectivity index (χ3v) is 5.88. The van der Waals surface area contributed by atoms with Crippen molar-refractivity contribution >= 4 is 0 Å². The number of aliphatic hydroxyl groups is 1. The SMILES string of the molecule is CCCCCCCCCCOC1CCCC2CC(O)CCC21. The van der Waals surface area contributed by atoms with Crippen molar-refractivity contribution in [1.82, 2.24) is 0 Å². The Hall–Kier alpha value is -0.0800. The lowest BCUT2D eigenvalue weighted by atomic mass is 9.68. The third-order valence-electron chi connectivity index (χ3n) is 5.88. The van der Waals surface area contributed by atoms with Gasteiger partial charge in [-0.1, -0.05) is 58.3 Å². The molecule has 0 radical (unpaired) electrons. The van der Waals surface area contributed by atoms with E-state index in [0.717, 1.165) is 31.3 Å². The van der Waals surface area contributed by atoms with Gasteiger partial charge in [0, 0.05) is 6.61 Å². The van der Waals surface area contributed by atoms with E-state index >= 15 is 0 Å². The highest BCUT2D eigenvalue weighted by Crippen LogP contribution is 2.41. The normalized spacial score (nSPS) is 31.9. The molecule has 130 valence electrons. The van der Waals surface area contributed by atoms with Crippen LogP contribution in [-0.4, -0.2) is 23.9 Å². The quantitative estimate of drug-likeness (QED) is 0.542. The fraction of sp³-hybridized carbons (Fsp3) is 1.00. The number of rotatable bonds is 10. The Balaban J connectivity index is 1.51. The molecule has 2 nitrogen and oxygen atoms in total. The van der Waals surface area contributed by atoms with Gasteiger partial charge in [-0.3, -0.25) is 0 Å². The van der Waals surface area contributed by atoms with E-state index in [9.17, 15) is 5.11 Å². The molecular formula is C20H38O2. The van der Waals surface area contributed by atoms with E-state index in [1.165, 1.54) is 77.0 Å². The Morgan fingerprint density at radius 2 is 1.59 bits per heavy atom. The van der Waals surface area contributed by atoms with Crippen LogP contribution < -0.4 is 0 Å². The minimum Gasteiger partial charge on any atom is -0.393 e. The van der Waals surface area contributed by atoms with Crippen molar-refractivity contribution in [2.45, 2.75) is 109 Å². The molecule has 2 saturated carbocycles. The van der Waals surface area contributed by atoms with Gasteiger partial charge < -0.3 is 9.84 Å². The first kappa shape index (κ1) is 18.3. The highest BCUT2D eigenvalue weighted by Gasteiger charge is 2.37. The molecule has 0 heterocycles. The first-order valence-electron chi connectivity index (χ1n) is 10.1. The molecule has 4 atom stereocenters. The second-order valence-electron chi connectivity index (χ2n) is 7.71. The van der Waals surface area contributed by atoms with Crippen LogP contribution in [0, 0.1) is 11.8 Å². The number of fused-ring (bicyclic) bond motifs is 1. The summed E-state index contributed by atoms with van der Waals surface area (Å²) in [4.78, 5) is 0. The van der Waals surface area contributed by atoms with Crippen molar-refractivity contribution in [3.8, 4) is 0 Å². The van der Waals surface area contributed by atoms with Crippen molar-refractivity contribution in [1.29, 1.82) is 0 Å². The Morgan fingerprint density at radius 3 is 2.36 bits per heavy atom. The summed E-state index contributed by atoms with van der Waals surface area (Å²) in [5.74, 6) is 1.48. The summed E-state index contributed by atoms with van der Waals surface area (Å²) < 4.78 is 6.25. The van der Waals surface area contributed by atoms with Gasteiger partial charge in [-0.2, -0.15) is 0 Å². The molecule has 2 aliphatic rings. The monoisotopic (exact) mass is 310 g/mol. The minimum absolute atomic E-state index is 0.0345. The standard InChI is InChI=1S/C20H38O2/c1-2-3-4-5-6-7-8-9-15-22-20-12-10-11-17-16-18(21)13-14-19(17)20/h17-21H,2-16H2,1H3. The Kier molecular flexibility index (Phi) is 8.84. The molecule has 2 heteroatoms. The maximum atomic E-state index is 9.84. The second-order valence-corrected chi connectivity index (χ2v) is 7.71. The van der Waals surface area contributed by atoms with Crippen molar-refractivity contribution in [2.75, 3.05) is 6.61 Å². The number of ether oxygens (including phenoxy) is 1. The van der Waals surface area contributed by atoms with Gasteiger partial charge in [0.05, 0.1) is 12.2 Å². The van der Waals surface area contributed by atoms with Gasteiger partial charge in [0.15, 0.2) is 0 Å². The highest BCUT2D eigenvalue weighted by molar-refractivity contribution is 4.88. The number of unbranched alkanes of at least 4 members (excludes halogenated alkanes) is 7. The summed E-state index contributed by atoms with van der Waals surface area (Å²) in [6.07, 6.45) is 18.5. The van der Waals surface area contributed by atoms with Gasteiger partial charge in [0.2, 0.25) is 0 Å². The topological polar surface area (TPSA) is 29.5 Å². The summed E-state index contributed by atoms with van der Waals surface area (Å²) in [6, 6.07) is 0. The van der Waals surface area contributed by atoms with Gasteiger partial charge in [-0.15, -0.1) is 0 Å². The molecule has 2 fully saturated rings. The lowest BCUT2D eigenvalue weighted by Gasteiger charge is -2.42. The molecule has 0 aromatic rings. The fourth-order valence-electron chi connectivity index (χ4n) is 4.56. The van der Waals surface area contributed by atoms with Crippen LogP contribution in [0.1, 0.15) is 96.8 Å². The van der Waals surface area contributed by atoms with Crippen LogP contribution in [0.2, 0.25) is 0 Å². The van der Waals surface area contributed by atoms with Crippen LogP contribution in [0.3, 0.4) is 0 Å². The highest BCUT2D eigenvalue weighted by atomic mass is 16.5. The molecule has 0 aromatic carbocycles. The molecule has 2 aliphatic carbocycles. The lowest BCUT2D eigenvalue weighted by Crippen LogP contribution is -2.40. The average Bonchev–Trinajstić information content (AvgIpc) is 2.53. The average molecular weight is 311 g/mol. The first-order chi connectivity index (χ1) is 10.8. The van der Waals surface area contributed by atoms with Gasteiger partial charge in [0.1, 0.15) is 0 Å². The fourth-order valence-corrected chi connectivity index (χ4v) is 4.56. The number of hydrogen-bond donors (Lipinski definition) is 1. The van der Waals surface area contributed by atoms with E-state index in [1.807, 2.05) is 0 Å². The third kappa shape index (κ3) is 6.20. The zero-order chi connectivity index (χ0) is 15.6. The molecule has 0 aromatic heterocycles. The van der Waals surface area contributed by atoms with E-state index in [2.05, 4.69) is 6.92 Å². The maximum Gasteiger partial charge on any atom is 0.0605 e. The smallest absolute Gasteiger partial charge is 0.0605 e. The largest absolute Gasteiger partial charge is 0.393 e. The van der Waals surface area contributed by atoms with Gasteiger partial charge >= 0.3 is 0 Å². The molecule has 0 amide bonds. The Bertz CT molecular complexity index is 279. The van der Waals surface area contributed by atoms with Crippen molar-refractivity contribution in [3.63, 3.8) is 0 Å². The van der Waals surface area contributed by atoms with Crippen molar-refractivity contribution < 1.29 is 9.84 Å². The maximum absolute atomic E-state index is 9.84. The van der Waals surface area contributed by atoms with Crippen LogP contribution in [0.4, 0.5) is 0 Å². The molecule has 0 saturated heterocycles. The Labute approximate surface area is 138 Å². The number of hydrogen-bond acceptors (Lipinski definition) is 2. The second kappa shape index (κ2) is 10.6. The van der Waals surface area contributed by atoms with E-state index in [4.69, 9.17) is 4.74 Å². The van der Waals surface area contributed by atoms with E-state index in [0.29, 0.717) is 6.10 Å². The summed E-state index contributed by atoms with van der Waals surface area (Å²) in [5, 5.41) is 9.84. The zero-order valence-corrected chi connectivity index (χ0v) is 14.8. The molecule has 0 aliphatic heterocycles. The van der Waals surface area contributed by atoms with E-state index in [-0.39, 0.29) is 6.10 Å². The summed E-state index contributed by atoms with van der Waals surface area (Å²) in [6.45, 7) is 3.24. The summed E-state index contributed by atoms with van der Waals surface area (Å²) >= 11 is 0. The predicted molar refractivity (Wildman–Crippen MR) is 93.0 cm³/mol. The van der Waals surface area contributed by atoms with Crippen molar-refractivity contribution in [2.24, 2.45) is 11.8 Å². The Morgan fingerprint density at radius 1 is 0.864 bits per heavy atom. The van der Waals surface area contributed by atoms with Crippen LogP contribution >= 0.6 is 0 Å². The van der Waals surface area contributed by atoms with Crippen LogP contribution in [0.15, 0.2) is 0 Å². The van der Waals surface area contributed by atoms with Crippen LogP contribution in [0.25, 0.3) is 0 Å². The van der Waals surface area contributed by atoms with E-state index in [1.54, 1.807) is 0 Å². The molecule has 0 spiro atoms. The number of aliphatic hydroxyl groups excluding tert-OH is 1. The predicted octanol–water partition coefficient (Wildman–Crippen LogP) is 5.47. The summed E-state index contributed by atoms with van der Waals surface area (Å²) in [5.41, 5.74) is 0. The van der Waals surface area contributed by atoms with Gasteiger partial charge in [-0.05, 0) is 50.4 Å². The molecule has 0 bridgehead atoms. The van der Waals surface area contributed by atoms with Crippen LogP contribution in [-0.2, 0) is 4.74 Å². The molecule has 22 heavy (non-hydrogen) atoms. The van der Waals surface area contributed by atoms with E-state index < -0.39 is 0 Å². The molecule has 1 N–H and O–H groups in total.